The van der Waals surface area contributed by atoms with E-state index in [0.29, 0.717) is 0 Å². The van der Waals surface area contributed by atoms with Crippen molar-refractivity contribution in [3.63, 3.8) is 0 Å². The van der Waals surface area contributed by atoms with Crippen LogP contribution < -0.4 is 0 Å². The highest BCUT2D eigenvalue weighted by Crippen LogP contribution is 2.27. The molecular formula is C8H15Br. The molecule has 0 heterocycles. The molecule has 1 heteroatoms. The van der Waals surface area contributed by atoms with Crippen LogP contribution in [-0.2, 0) is 0 Å². The van der Waals surface area contributed by atoms with E-state index in [-0.39, 0.29) is 4.32 Å². The van der Waals surface area contributed by atoms with Crippen LogP contribution in [0.25, 0.3) is 0 Å². The van der Waals surface area contributed by atoms with Crippen molar-refractivity contribution in [1.82, 2.24) is 0 Å². The number of hydrogen-bond donors (Lipinski definition) is 0. The van der Waals surface area contributed by atoms with E-state index in [9.17, 15) is 0 Å². The van der Waals surface area contributed by atoms with Crippen LogP contribution >= 0.6 is 15.9 Å². The molecule has 0 N–H and O–H groups in total. The molecule has 0 rings (SSSR count). The molecule has 0 fully saturated rings. The molecule has 54 valence electrons. The maximum Gasteiger partial charge on any atom is 0.0409 e. The van der Waals surface area contributed by atoms with Crippen LogP contribution in [0.5, 0.6) is 0 Å². The molecule has 0 aliphatic carbocycles. The lowest BCUT2D eigenvalue weighted by Gasteiger charge is -2.18. The van der Waals surface area contributed by atoms with Gasteiger partial charge < -0.3 is 0 Å². The fourth-order valence-corrected chi connectivity index (χ4v) is 0.991. The lowest BCUT2D eigenvalue weighted by Crippen LogP contribution is -2.11. The van der Waals surface area contributed by atoms with Gasteiger partial charge in [0.05, 0.1) is 0 Å². The van der Waals surface area contributed by atoms with E-state index < -0.39 is 0 Å². The Morgan fingerprint density at radius 2 is 1.44 bits per heavy atom. The van der Waals surface area contributed by atoms with Gasteiger partial charge in [-0.25, -0.2) is 0 Å². The van der Waals surface area contributed by atoms with Gasteiger partial charge in [0.1, 0.15) is 0 Å². The predicted octanol–water partition coefficient (Wildman–Crippen LogP) is 3.52. The topological polar surface area (TPSA) is 0 Å². The second kappa shape index (κ2) is 2.87. The summed E-state index contributed by atoms with van der Waals surface area (Å²) < 4.78 is 0.172. The largest absolute Gasteiger partial charge is 0.0811 e. The Morgan fingerprint density at radius 1 is 1.11 bits per heavy atom. The first-order chi connectivity index (χ1) is 3.85. The summed E-state index contributed by atoms with van der Waals surface area (Å²) in [7, 11) is 0. The van der Waals surface area contributed by atoms with E-state index in [1.54, 1.807) is 0 Å². The van der Waals surface area contributed by atoms with Crippen molar-refractivity contribution in [2.75, 3.05) is 0 Å². The molecule has 0 aromatic rings. The van der Waals surface area contributed by atoms with Crippen molar-refractivity contribution in [2.24, 2.45) is 0 Å². The molecule has 0 nitrogen and oxygen atoms in total. The van der Waals surface area contributed by atoms with Gasteiger partial charge in [0.15, 0.2) is 0 Å². The highest BCUT2D eigenvalue weighted by atomic mass is 79.9. The lowest BCUT2D eigenvalue weighted by atomic mass is 10.0. The van der Waals surface area contributed by atoms with Crippen LogP contribution in [-0.4, -0.2) is 4.32 Å². The van der Waals surface area contributed by atoms with Gasteiger partial charge in [0.25, 0.3) is 0 Å². The summed E-state index contributed by atoms with van der Waals surface area (Å²) in [4.78, 5) is 0. The lowest BCUT2D eigenvalue weighted by molar-refractivity contribution is 0.836. The van der Waals surface area contributed by atoms with E-state index in [1.165, 1.54) is 11.1 Å². The Morgan fingerprint density at radius 3 is 1.44 bits per heavy atom. The maximum absolute atomic E-state index is 3.59. The summed E-state index contributed by atoms with van der Waals surface area (Å²) in [6.07, 6.45) is 0. The SMILES string of the molecule is CC(C)=C(C)C(C)(C)Br. The van der Waals surface area contributed by atoms with Gasteiger partial charge in [0.2, 0.25) is 0 Å². The summed E-state index contributed by atoms with van der Waals surface area (Å²) in [5, 5.41) is 0. The molecule has 0 saturated carbocycles. The zero-order valence-electron chi connectivity index (χ0n) is 6.88. The maximum atomic E-state index is 3.59. The monoisotopic (exact) mass is 190 g/mol. The Kier molecular flexibility index (Phi) is 2.94. The second-order valence-electron chi connectivity index (χ2n) is 3.10. The highest BCUT2D eigenvalue weighted by molar-refractivity contribution is 9.10. The molecule has 0 bridgehead atoms. The molecule has 0 aromatic carbocycles. The highest BCUT2D eigenvalue weighted by Gasteiger charge is 2.15. The Labute approximate surface area is 66.5 Å². The molecule has 0 aliphatic heterocycles. The van der Waals surface area contributed by atoms with E-state index in [2.05, 4.69) is 50.5 Å². The quantitative estimate of drug-likeness (QED) is 0.439. The van der Waals surface area contributed by atoms with Crippen LogP contribution in [0.4, 0.5) is 0 Å². The standard InChI is InChI=1S/C8H15Br/c1-6(2)7(3)8(4,5)9/h1-5H3. The van der Waals surface area contributed by atoms with Gasteiger partial charge in [-0.15, -0.1) is 0 Å². The molecule has 0 atom stereocenters. The van der Waals surface area contributed by atoms with Gasteiger partial charge in [-0.1, -0.05) is 27.1 Å². The third-order valence-corrected chi connectivity index (χ3v) is 2.24. The molecule has 9 heavy (non-hydrogen) atoms. The van der Waals surface area contributed by atoms with E-state index in [1.807, 2.05) is 0 Å². The van der Waals surface area contributed by atoms with Crippen molar-refractivity contribution in [2.45, 2.75) is 38.9 Å². The summed E-state index contributed by atoms with van der Waals surface area (Å²) in [5.74, 6) is 0. The van der Waals surface area contributed by atoms with Crippen LogP contribution in [0.15, 0.2) is 11.1 Å². The molecule has 0 unspecified atom stereocenters. The normalized spacial score (nSPS) is 11.3. The molecule has 0 amide bonds. The van der Waals surface area contributed by atoms with Crippen molar-refractivity contribution >= 4 is 15.9 Å². The number of allylic oxidation sites excluding steroid dienone is 2. The van der Waals surface area contributed by atoms with Crippen molar-refractivity contribution in [3.05, 3.63) is 11.1 Å². The number of alkyl halides is 1. The van der Waals surface area contributed by atoms with Gasteiger partial charge in [0, 0.05) is 4.32 Å². The van der Waals surface area contributed by atoms with Gasteiger partial charge in [-0.05, 0) is 34.6 Å². The number of halogens is 1. The van der Waals surface area contributed by atoms with E-state index >= 15 is 0 Å². The Balaban J connectivity index is 4.40. The van der Waals surface area contributed by atoms with Gasteiger partial charge in [-0.3, -0.25) is 0 Å². The van der Waals surface area contributed by atoms with Crippen LogP contribution in [0.1, 0.15) is 34.6 Å². The third kappa shape index (κ3) is 3.04. The number of hydrogen-bond acceptors (Lipinski definition) is 0. The average molecular weight is 191 g/mol. The summed E-state index contributed by atoms with van der Waals surface area (Å²) >= 11 is 3.59. The first kappa shape index (κ1) is 9.22. The molecule has 0 spiro atoms. The fourth-order valence-electron chi connectivity index (χ4n) is 0.594. The second-order valence-corrected chi connectivity index (χ2v) is 5.08. The molecule has 0 saturated heterocycles. The molecule has 0 aromatic heterocycles. The van der Waals surface area contributed by atoms with Gasteiger partial charge >= 0.3 is 0 Å². The fraction of sp³-hybridized carbons (Fsp3) is 0.750. The Hall–Kier alpha value is 0.220. The molecule has 0 aliphatic rings. The first-order valence-electron chi connectivity index (χ1n) is 3.19. The Bertz CT molecular complexity index is 122. The van der Waals surface area contributed by atoms with Gasteiger partial charge in [-0.2, -0.15) is 0 Å². The minimum Gasteiger partial charge on any atom is -0.0811 e. The summed E-state index contributed by atoms with van der Waals surface area (Å²) in [6, 6.07) is 0. The first-order valence-corrected chi connectivity index (χ1v) is 3.98. The smallest absolute Gasteiger partial charge is 0.0409 e. The average Bonchev–Trinajstić information content (AvgIpc) is 1.62. The summed E-state index contributed by atoms with van der Waals surface area (Å²) in [5.41, 5.74) is 2.82. The van der Waals surface area contributed by atoms with E-state index in [0.717, 1.165) is 0 Å². The van der Waals surface area contributed by atoms with Crippen LogP contribution in [0, 0.1) is 0 Å². The van der Waals surface area contributed by atoms with Crippen molar-refractivity contribution in [3.8, 4) is 0 Å². The summed E-state index contributed by atoms with van der Waals surface area (Å²) in [6.45, 7) is 10.8. The van der Waals surface area contributed by atoms with Crippen LogP contribution in [0.3, 0.4) is 0 Å². The van der Waals surface area contributed by atoms with Crippen LogP contribution in [0.2, 0.25) is 0 Å². The molecule has 0 radical (unpaired) electrons. The predicted molar refractivity (Wildman–Crippen MR) is 47.1 cm³/mol. The zero-order chi connectivity index (χ0) is 7.65. The minimum atomic E-state index is 0.172. The zero-order valence-corrected chi connectivity index (χ0v) is 8.46. The minimum absolute atomic E-state index is 0.172. The van der Waals surface area contributed by atoms with E-state index in [4.69, 9.17) is 0 Å². The van der Waals surface area contributed by atoms with Crippen molar-refractivity contribution in [1.29, 1.82) is 0 Å². The molecular weight excluding hydrogens is 176 g/mol. The third-order valence-electron chi connectivity index (χ3n) is 1.64. The number of rotatable bonds is 1. The van der Waals surface area contributed by atoms with Crippen molar-refractivity contribution < 1.29 is 0 Å².